The van der Waals surface area contributed by atoms with Crippen molar-refractivity contribution in [2.24, 2.45) is 5.92 Å². The van der Waals surface area contributed by atoms with E-state index in [1.165, 1.54) is 4.90 Å². The molecule has 0 saturated carbocycles. The molecule has 0 radical (unpaired) electrons. The zero-order chi connectivity index (χ0) is 28.5. The third kappa shape index (κ3) is 9.21. The number of nitrogens with zero attached hydrogens (tertiary/aromatic N) is 4. The van der Waals surface area contributed by atoms with Crippen LogP contribution in [-0.2, 0) is 10.2 Å². The molecule has 1 aromatic heterocycles. The Morgan fingerprint density at radius 3 is 2.58 bits per heavy atom. The summed E-state index contributed by atoms with van der Waals surface area (Å²) in [6.07, 6.45) is 3.24. The SMILES string of the molecule is CCOC(=O)N[C@@H]1C[C@H](N(CC(C)C)C(=O)c2cnc(C(C)(C)C)nc2NCCCSC)CN(C(=O)O)C1. The van der Waals surface area contributed by atoms with Crippen LogP contribution in [0.4, 0.5) is 15.4 Å². The van der Waals surface area contributed by atoms with E-state index in [2.05, 4.69) is 21.9 Å². The van der Waals surface area contributed by atoms with Crippen LogP contribution < -0.4 is 10.6 Å². The van der Waals surface area contributed by atoms with Gasteiger partial charge in [-0.25, -0.2) is 19.6 Å². The van der Waals surface area contributed by atoms with Crippen LogP contribution in [0.15, 0.2) is 6.20 Å². The van der Waals surface area contributed by atoms with Crippen LogP contribution in [0.2, 0.25) is 0 Å². The van der Waals surface area contributed by atoms with Gasteiger partial charge >= 0.3 is 12.2 Å². The molecule has 1 saturated heterocycles. The number of piperidine rings is 1. The fourth-order valence-electron chi connectivity index (χ4n) is 4.30. The molecule has 38 heavy (non-hydrogen) atoms. The molecule has 1 aromatic rings. The molecule has 214 valence electrons. The minimum atomic E-state index is -1.10. The molecule has 2 rings (SSSR count). The van der Waals surface area contributed by atoms with Gasteiger partial charge in [0, 0.05) is 37.8 Å². The molecule has 0 aliphatic carbocycles. The second-order valence-corrected chi connectivity index (χ2v) is 12.0. The van der Waals surface area contributed by atoms with Gasteiger partial charge in [-0.3, -0.25) is 4.79 Å². The van der Waals surface area contributed by atoms with Crippen molar-refractivity contribution >= 4 is 35.7 Å². The maximum absolute atomic E-state index is 14.1. The molecule has 3 N–H and O–H groups in total. The molecular formula is C26H44N6O5S. The maximum Gasteiger partial charge on any atom is 0.407 e. The highest BCUT2D eigenvalue weighted by molar-refractivity contribution is 7.98. The van der Waals surface area contributed by atoms with Gasteiger partial charge in [-0.1, -0.05) is 34.6 Å². The highest BCUT2D eigenvalue weighted by Crippen LogP contribution is 2.26. The van der Waals surface area contributed by atoms with Crippen LogP contribution in [0, 0.1) is 5.92 Å². The molecule has 0 unspecified atom stereocenters. The van der Waals surface area contributed by atoms with E-state index < -0.39 is 24.3 Å². The summed E-state index contributed by atoms with van der Waals surface area (Å²) in [7, 11) is 0. The zero-order valence-electron chi connectivity index (χ0n) is 23.7. The minimum absolute atomic E-state index is 0.125. The van der Waals surface area contributed by atoms with Crippen molar-refractivity contribution in [3.8, 4) is 0 Å². The smallest absolute Gasteiger partial charge is 0.407 e. The summed E-state index contributed by atoms with van der Waals surface area (Å²) in [4.78, 5) is 50.3. The Hall–Kier alpha value is -2.76. The molecule has 1 aliphatic heterocycles. The van der Waals surface area contributed by atoms with Gasteiger partial charge < -0.3 is 30.3 Å². The number of rotatable bonds is 11. The monoisotopic (exact) mass is 552 g/mol. The summed E-state index contributed by atoms with van der Waals surface area (Å²) >= 11 is 1.76. The predicted molar refractivity (Wildman–Crippen MR) is 150 cm³/mol. The standard InChI is InChI=1S/C26H44N6O5S/c1-8-37-24(34)29-18-12-19(16-31(15-18)25(35)36)32(14-17(2)3)22(33)20-13-28-23(26(4,5)6)30-21(20)27-10-9-11-38-7/h13,17-19H,8-12,14-16H2,1-7H3,(H,29,34)(H,35,36)(H,27,28,30)/t18-,19+/m1/s1. The zero-order valence-corrected chi connectivity index (χ0v) is 24.6. The largest absolute Gasteiger partial charge is 0.465 e. The molecule has 1 aliphatic rings. The highest BCUT2D eigenvalue weighted by atomic mass is 32.2. The Labute approximate surface area is 230 Å². The number of hydrogen-bond acceptors (Lipinski definition) is 8. The summed E-state index contributed by atoms with van der Waals surface area (Å²) in [5.74, 6) is 1.96. The van der Waals surface area contributed by atoms with Crippen molar-refractivity contribution in [2.45, 2.75) is 71.9 Å². The van der Waals surface area contributed by atoms with Crippen molar-refractivity contribution in [3.63, 3.8) is 0 Å². The lowest BCUT2D eigenvalue weighted by atomic mass is 9.95. The van der Waals surface area contributed by atoms with Gasteiger partial charge in [-0.15, -0.1) is 0 Å². The maximum atomic E-state index is 14.1. The lowest BCUT2D eigenvalue weighted by Gasteiger charge is -2.42. The Bertz CT molecular complexity index is 955. The lowest BCUT2D eigenvalue weighted by molar-refractivity contribution is 0.0446. The van der Waals surface area contributed by atoms with Gasteiger partial charge in [0.2, 0.25) is 0 Å². The van der Waals surface area contributed by atoms with E-state index in [1.54, 1.807) is 29.8 Å². The molecule has 0 bridgehead atoms. The number of carbonyl (C=O) groups is 3. The predicted octanol–water partition coefficient (Wildman–Crippen LogP) is 3.90. The summed E-state index contributed by atoms with van der Waals surface area (Å²) in [5.41, 5.74) is 0.0526. The number of carboxylic acid groups (broad SMARTS) is 1. The summed E-state index contributed by atoms with van der Waals surface area (Å²) in [5, 5.41) is 15.9. The van der Waals surface area contributed by atoms with E-state index in [9.17, 15) is 19.5 Å². The van der Waals surface area contributed by atoms with Gasteiger partial charge in [-0.05, 0) is 37.7 Å². The Balaban J connectivity index is 2.43. The lowest BCUT2D eigenvalue weighted by Crippen LogP contribution is -2.59. The topological polar surface area (TPSA) is 137 Å². The second-order valence-electron chi connectivity index (χ2n) is 11.0. The quantitative estimate of drug-likeness (QED) is 0.349. The molecule has 1 fully saturated rings. The fraction of sp³-hybridized carbons (Fsp3) is 0.731. The van der Waals surface area contributed by atoms with Crippen molar-refractivity contribution in [2.75, 3.05) is 50.1 Å². The molecule has 0 aromatic carbocycles. The van der Waals surface area contributed by atoms with Crippen LogP contribution in [0.5, 0.6) is 0 Å². The van der Waals surface area contributed by atoms with Gasteiger partial charge in [0.15, 0.2) is 0 Å². The number of likely N-dealkylation sites (tertiary alicyclic amines) is 1. The molecular weight excluding hydrogens is 508 g/mol. The Morgan fingerprint density at radius 1 is 1.29 bits per heavy atom. The van der Waals surface area contributed by atoms with Crippen LogP contribution in [0.25, 0.3) is 0 Å². The number of nitrogens with one attached hydrogen (secondary N) is 2. The van der Waals surface area contributed by atoms with Crippen LogP contribution in [0.3, 0.4) is 0 Å². The van der Waals surface area contributed by atoms with Crippen molar-refractivity contribution < 1.29 is 24.2 Å². The third-order valence-electron chi connectivity index (χ3n) is 6.07. The number of thioether (sulfide) groups is 1. The fourth-order valence-corrected chi connectivity index (χ4v) is 4.74. The van der Waals surface area contributed by atoms with E-state index in [0.29, 0.717) is 36.7 Å². The molecule has 3 amide bonds. The number of hydrogen-bond donors (Lipinski definition) is 3. The molecule has 0 spiro atoms. The van der Waals surface area contributed by atoms with Crippen molar-refractivity contribution in [3.05, 3.63) is 17.6 Å². The summed E-state index contributed by atoms with van der Waals surface area (Å²) in [6, 6.07) is -0.941. The van der Waals surface area contributed by atoms with Gasteiger partial charge in [-0.2, -0.15) is 11.8 Å². The average molecular weight is 553 g/mol. The first-order valence-electron chi connectivity index (χ1n) is 13.2. The number of carbonyl (C=O) groups excluding carboxylic acids is 2. The molecule has 2 heterocycles. The Morgan fingerprint density at radius 2 is 2.00 bits per heavy atom. The summed E-state index contributed by atoms with van der Waals surface area (Å²) < 4.78 is 5.00. The average Bonchev–Trinajstić information content (AvgIpc) is 2.84. The van der Waals surface area contributed by atoms with Crippen molar-refractivity contribution in [1.82, 2.24) is 25.1 Å². The first kappa shape index (κ1) is 31.5. The molecule has 12 heteroatoms. The number of aromatic nitrogens is 2. The molecule has 2 atom stereocenters. The molecule has 11 nitrogen and oxygen atoms in total. The van der Waals surface area contributed by atoms with Crippen LogP contribution >= 0.6 is 11.8 Å². The number of anilines is 1. The van der Waals surface area contributed by atoms with Gasteiger partial charge in [0.1, 0.15) is 17.2 Å². The summed E-state index contributed by atoms with van der Waals surface area (Å²) in [6.45, 7) is 13.3. The Kier molecular flexibility index (Phi) is 11.9. The normalized spacial score (nSPS) is 17.7. The van der Waals surface area contributed by atoms with E-state index in [0.717, 1.165) is 12.2 Å². The first-order valence-corrected chi connectivity index (χ1v) is 14.6. The number of ether oxygens (including phenoxy) is 1. The van der Waals surface area contributed by atoms with E-state index >= 15 is 0 Å². The van der Waals surface area contributed by atoms with Gasteiger partial charge in [0.25, 0.3) is 5.91 Å². The number of amides is 3. The highest BCUT2D eigenvalue weighted by Gasteiger charge is 2.37. The second kappa shape index (κ2) is 14.4. The van der Waals surface area contributed by atoms with E-state index in [4.69, 9.17) is 9.72 Å². The minimum Gasteiger partial charge on any atom is -0.465 e. The first-order chi connectivity index (χ1) is 17.9. The third-order valence-corrected chi connectivity index (χ3v) is 6.76. The van der Waals surface area contributed by atoms with Crippen molar-refractivity contribution in [1.29, 1.82) is 0 Å². The number of alkyl carbamates (subject to hydrolysis) is 1. The van der Waals surface area contributed by atoms with E-state index in [1.807, 2.05) is 34.6 Å². The van der Waals surface area contributed by atoms with Crippen LogP contribution in [0.1, 0.15) is 70.6 Å². The van der Waals surface area contributed by atoms with Crippen LogP contribution in [-0.4, -0.2) is 99.8 Å². The van der Waals surface area contributed by atoms with Gasteiger partial charge in [0.05, 0.1) is 18.7 Å². The van der Waals surface area contributed by atoms with E-state index in [-0.39, 0.29) is 36.9 Å².